The van der Waals surface area contributed by atoms with E-state index in [2.05, 4.69) is 16.0 Å². The fourth-order valence-corrected chi connectivity index (χ4v) is 4.40. The molecule has 1 aliphatic rings. The Hall–Kier alpha value is -3.99. The third-order valence-electron chi connectivity index (χ3n) is 6.73. The van der Waals surface area contributed by atoms with E-state index in [1.54, 1.807) is 73.3 Å². The summed E-state index contributed by atoms with van der Waals surface area (Å²) < 4.78 is 11.6. The number of ether oxygens (including phenoxy) is 2. The molecular formula is C29H41N5O6. The first-order valence-corrected chi connectivity index (χ1v) is 13.4. The average Bonchev–Trinajstić information content (AvgIpc) is 2.95. The molecule has 3 atom stereocenters. The second-order valence-corrected chi connectivity index (χ2v) is 10.5. The Morgan fingerprint density at radius 3 is 2.40 bits per heavy atom. The number of anilines is 2. The lowest BCUT2D eigenvalue weighted by atomic mass is 10.0. The molecule has 0 spiro atoms. The van der Waals surface area contributed by atoms with Crippen LogP contribution in [0.3, 0.4) is 0 Å². The van der Waals surface area contributed by atoms with Gasteiger partial charge in [-0.3, -0.25) is 4.79 Å². The van der Waals surface area contributed by atoms with Crippen molar-refractivity contribution in [1.82, 2.24) is 15.1 Å². The van der Waals surface area contributed by atoms with Gasteiger partial charge in [-0.05, 0) is 63.2 Å². The third kappa shape index (κ3) is 8.25. The van der Waals surface area contributed by atoms with Gasteiger partial charge in [0.1, 0.15) is 17.6 Å². The van der Waals surface area contributed by atoms with Crippen LogP contribution in [-0.2, 0) is 11.2 Å². The van der Waals surface area contributed by atoms with Gasteiger partial charge in [0.05, 0.1) is 32.7 Å². The summed E-state index contributed by atoms with van der Waals surface area (Å²) in [6, 6.07) is 11.0. The van der Waals surface area contributed by atoms with Crippen LogP contribution in [0.2, 0.25) is 0 Å². The van der Waals surface area contributed by atoms with Crippen molar-refractivity contribution >= 4 is 29.3 Å². The summed E-state index contributed by atoms with van der Waals surface area (Å²) in [6.45, 7) is 8.01. The molecule has 0 radical (unpaired) electrons. The predicted octanol–water partition coefficient (Wildman–Crippen LogP) is 3.54. The van der Waals surface area contributed by atoms with E-state index >= 15 is 0 Å². The maximum atomic E-state index is 13.4. The normalized spacial score (nSPS) is 17.9. The number of amides is 5. The lowest BCUT2D eigenvalue weighted by Gasteiger charge is -2.34. The van der Waals surface area contributed by atoms with Gasteiger partial charge in [0.25, 0.3) is 0 Å². The monoisotopic (exact) mass is 555 g/mol. The van der Waals surface area contributed by atoms with Crippen LogP contribution in [0.1, 0.15) is 33.3 Å². The Balaban J connectivity index is 1.85. The molecular weight excluding hydrogens is 514 g/mol. The zero-order valence-electron chi connectivity index (χ0n) is 24.1. The standard InChI is InChI=1S/C29H41N5O6/c1-18(2)30-29(38)33(5)16-26-19(3)15-34(20(4)17-35)27(36)14-21-13-23(9-12-25(21)40-26)32-28(37)31-22-7-10-24(39-6)11-8-22/h7-13,18-20,26,35H,14-17H2,1-6H3,(H,30,38)(H2,31,32,37)/t19-,20-,26-/m0/s1. The second-order valence-electron chi connectivity index (χ2n) is 10.5. The van der Waals surface area contributed by atoms with Crippen LogP contribution in [0.5, 0.6) is 11.5 Å². The van der Waals surface area contributed by atoms with Crippen LogP contribution in [0.4, 0.5) is 21.0 Å². The number of fused-ring (bicyclic) bond motifs is 1. The van der Waals surface area contributed by atoms with Crippen molar-refractivity contribution in [3.63, 3.8) is 0 Å². The maximum Gasteiger partial charge on any atom is 0.323 e. The van der Waals surface area contributed by atoms with Crippen molar-refractivity contribution in [2.45, 2.75) is 52.3 Å². The van der Waals surface area contributed by atoms with E-state index in [9.17, 15) is 19.5 Å². The topological polar surface area (TPSA) is 132 Å². The molecule has 0 saturated carbocycles. The number of nitrogens with zero attached hydrogens (tertiary/aromatic N) is 2. The molecule has 0 bridgehead atoms. The van der Waals surface area contributed by atoms with Gasteiger partial charge in [-0.1, -0.05) is 6.92 Å². The van der Waals surface area contributed by atoms with E-state index in [-0.39, 0.29) is 36.9 Å². The molecule has 2 aromatic carbocycles. The lowest BCUT2D eigenvalue weighted by Crippen LogP contribution is -2.49. The molecule has 2 aromatic rings. The van der Waals surface area contributed by atoms with Gasteiger partial charge in [0.2, 0.25) is 5.91 Å². The largest absolute Gasteiger partial charge is 0.497 e. The number of carbonyl (C=O) groups is 3. The maximum absolute atomic E-state index is 13.4. The van der Waals surface area contributed by atoms with Crippen molar-refractivity contribution in [1.29, 1.82) is 0 Å². The minimum atomic E-state index is -0.444. The number of methoxy groups -OCH3 is 1. The van der Waals surface area contributed by atoms with Crippen LogP contribution >= 0.6 is 0 Å². The fourth-order valence-electron chi connectivity index (χ4n) is 4.40. The van der Waals surface area contributed by atoms with Crippen molar-refractivity contribution in [2.24, 2.45) is 5.92 Å². The van der Waals surface area contributed by atoms with Gasteiger partial charge in [0.15, 0.2) is 0 Å². The highest BCUT2D eigenvalue weighted by atomic mass is 16.5. The summed E-state index contributed by atoms with van der Waals surface area (Å²) in [6.07, 6.45) is -0.406. The number of likely N-dealkylation sites (N-methyl/N-ethyl adjacent to an activating group) is 1. The summed E-state index contributed by atoms with van der Waals surface area (Å²) >= 11 is 0. The smallest absolute Gasteiger partial charge is 0.323 e. The highest BCUT2D eigenvalue weighted by molar-refractivity contribution is 6.00. The first-order chi connectivity index (χ1) is 19.0. The van der Waals surface area contributed by atoms with Gasteiger partial charge in [-0.2, -0.15) is 0 Å². The van der Waals surface area contributed by atoms with Gasteiger partial charge in [-0.25, -0.2) is 9.59 Å². The van der Waals surface area contributed by atoms with E-state index in [0.29, 0.717) is 41.5 Å². The number of nitrogens with one attached hydrogen (secondary N) is 3. The summed E-state index contributed by atoms with van der Waals surface area (Å²) in [5.41, 5.74) is 1.67. The molecule has 0 fully saturated rings. The van der Waals surface area contributed by atoms with Gasteiger partial charge >= 0.3 is 12.1 Å². The molecule has 1 heterocycles. The van der Waals surface area contributed by atoms with Crippen LogP contribution < -0.4 is 25.4 Å². The quantitative estimate of drug-likeness (QED) is 0.394. The van der Waals surface area contributed by atoms with Crippen molar-refractivity contribution in [2.75, 3.05) is 44.5 Å². The van der Waals surface area contributed by atoms with Crippen LogP contribution in [0.25, 0.3) is 0 Å². The van der Waals surface area contributed by atoms with Crippen LogP contribution in [0.15, 0.2) is 42.5 Å². The van der Waals surface area contributed by atoms with Crippen molar-refractivity contribution < 1.29 is 29.0 Å². The van der Waals surface area contributed by atoms with Crippen molar-refractivity contribution in [3.8, 4) is 11.5 Å². The van der Waals surface area contributed by atoms with E-state index in [1.807, 2.05) is 20.8 Å². The third-order valence-corrected chi connectivity index (χ3v) is 6.73. The predicted molar refractivity (Wildman–Crippen MR) is 154 cm³/mol. The zero-order valence-corrected chi connectivity index (χ0v) is 24.1. The number of hydrogen-bond acceptors (Lipinski definition) is 6. The zero-order chi connectivity index (χ0) is 29.4. The lowest BCUT2D eigenvalue weighted by molar-refractivity contribution is -0.134. The molecule has 11 heteroatoms. The number of aliphatic hydroxyl groups excluding tert-OH is 1. The minimum Gasteiger partial charge on any atom is -0.497 e. The fraction of sp³-hybridized carbons (Fsp3) is 0.483. The van der Waals surface area contributed by atoms with E-state index in [1.165, 1.54) is 0 Å². The Labute approximate surface area is 235 Å². The summed E-state index contributed by atoms with van der Waals surface area (Å²) in [5, 5.41) is 18.3. The Bertz CT molecular complexity index is 1170. The number of urea groups is 2. The van der Waals surface area contributed by atoms with Gasteiger partial charge < -0.3 is 40.3 Å². The van der Waals surface area contributed by atoms with E-state index in [4.69, 9.17) is 9.47 Å². The van der Waals surface area contributed by atoms with Crippen LogP contribution in [-0.4, -0.2) is 84.9 Å². The van der Waals surface area contributed by atoms with E-state index in [0.717, 1.165) is 0 Å². The molecule has 5 amide bonds. The number of rotatable bonds is 8. The second kappa shape index (κ2) is 13.9. The minimum absolute atomic E-state index is 0.0130. The molecule has 0 saturated heterocycles. The van der Waals surface area contributed by atoms with Crippen molar-refractivity contribution in [3.05, 3.63) is 48.0 Å². The number of benzene rings is 2. The molecule has 3 rings (SSSR count). The molecule has 40 heavy (non-hydrogen) atoms. The SMILES string of the molecule is COc1ccc(NC(=O)Nc2ccc3c(c2)CC(=O)N([C@@H](C)CO)C[C@H](C)[C@H](CN(C)C(=O)NC(C)C)O3)cc1. The summed E-state index contributed by atoms with van der Waals surface area (Å²) in [7, 11) is 3.27. The van der Waals surface area contributed by atoms with Crippen LogP contribution in [0, 0.1) is 5.92 Å². The Kier molecular flexibility index (Phi) is 10.6. The van der Waals surface area contributed by atoms with E-state index < -0.39 is 18.2 Å². The number of hydrogen-bond donors (Lipinski definition) is 4. The average molecular weight is 556 g/mol. The first kappa shape index (κ1) is 30.6. The molecule has 0 aliphatic carbocycles. The van der Waals surface area contributed by atoms with Gasteiger partial charge in [-0.15, -0.1) is 0 Å². The Morgan fingerprint density at radius 1 is 1.12 bits per heavy atom. The summed E-state index contributed by atoms with van der Waals surface area (Å²) in [5.74, 6) is 0.871. The molecule has 4 N–H and O–H groups in total. The number of aliphatic hydroxyl groups is 1. The highest BCUT2D eigenvalue weighted by Crippen LogP contribution is 2.29. The Morgan fingerprint density at radius 2 is 1.77 bits per heavy atom. The molecule has 0 unspecified atom stereocenters. The summed E-state index contributed by atoms with van der Waals surface area (Å²) in [4.78, 5) is 41.9. The first-order valence-electron chi connectivity index (χ1n) is 13.4. The van der Waals surface area contributed by atoms with Gasteiger partial charge in [0, 0.05) is 42.5 Å². The highest BCUT2D eigenvalue weighted by Gasteiger charge is 2.32. The molecule has 218 valence electrons. The molecule has 1 aliphatic heterocycles. The number of carbonyl (C=O) groups excluding carboxylic acids is 3. The molecule has 11 nitrogen and oxygen atoms in total. The molecule has 0 aromatic heterocycles.